The maximum absolute atomic E-state index is 11.0. The highest BCUT2D eigenvalue weighted by atomic mass is 16.5. The number of aryl methyl sites for hydroxylation is 1. The Hall–Kier alpha value is -2.77. The first-order valence-electron chi connectivity index (χ1n) is 9.16. The summed E-state index contributed by atoms with van der Waals surface area (Å²) in [6.45, 7) is 1.93. The van der Waals surface area contributed by atoms with Crippen molar-refractivity contribution >= 4 is 17.8 Å². The fraction of sp³-hybridized carbons (Fsp3) is 0.350. The minimum absolute atomic E-state index is 0.0586. The van der Waals surface area contributed by atoms with E-state index in [-0.39, 0.29) is 5.54 Å². The van der Waals surface area contributed by atoms with Gasteiger partial charge >= 0.3 is 0 Å². The molecule has 3 rings (SSSR count). The molecule has 1 saturated heterocycles. The van der Waals surface area contributed by atoms with E-state index in [0.29, 0.717) is 5.69 Å². The number of hydrogen-bond donors (Lipinski definition) is 4. The third kappa shape index (κ3) is 5.60. The van der Waals surface area contributed by atoms with Crippen LogP contribution in [0.2, 0.25) is 0 Å². The van der Waals surface area contributed by atoms with E-state index in [1.807, 2.05) is 6.07 Å². The van der Waals surface area contributed by atoms with Crippen LogP contribution in [0, 0.1) is 0 Å². The van der Waals surface area contributed by atoms with E-state index in [2.05, 4.69) is 44.9 Å². The zero-order chi connectivity index (χ0) is 19.0. The average molecular weight is 367 g/mol. The average Bonchev–Trinajstić information content (AvgIpc) is 2.73. The molecule has 0 bridgehead atoms. The molecule has 7 heteroatoms. The Bertz CT molecular complexity index is 756. The summed E-state index contributed by atoms with van der Waals surface area (Å²) >= 11 is 0. The summed E-state index contributed by atoms with van der Waals surface area (Å²) in [5.41, 5.74) is 3.36. The van der Waals surface area contributed by atoms with Crippen LogP contribution in [0.4, 0.5) is 5.82 Å². The minimum atomic E-state index is -0.604. The number of carbonyl (C=O) groups excluding carboxylic acids is 1. The molecule has 1 aromatic carbocycles. The smallest absolute Gasteiger partial charge is 0.267 e. The molecule has 0 spiro atoms. The summed E-state index contributed by atoms with van der Waals surface area (Å²) in [5.74, 6) is 0.114. The van der Waals surface area contributed by atoms with Gasteiger partial charge in [0, 0.05) is 12.6 Å². The Kier molecular flexibility index (Phi) is 6.51. The van der Waals surface area contributed by atoms with Crippen molar-refractivity contribution in [1.82, 2.24) is 20.8 Å². The fourth-order valence-electron chi connectivity index (χ4n) is 3.34. The first-order chi connectivity index (χ1) is 13.2. The van der Waals surface area contributed by atoms with Crippen LogP contribution in [0.5, 0.6) is 0 Å². The van der Waals surface area contributed by atoms with Gasteiger partial charge in [-0.1, -0.05) is 30.3 Å². The molecule has 0 saturated carbocycles. The Morgan fingerprint density at radius 1 is 1.26 bits per heavy atom. The molecule has 0 unspecified atom stereocenters. The molecule has 2 aromatic rings. The molecule has 1 aliphatic rings. The van der Waals surface area contributed by atoms with Gasteiger partial charge in [-0.05, 0) is 43.9 Å². The van der Waals surface area contributed by atoms with Crippen LogP contribution in [0.1, 0.15) is 30.5 Å². The Balaban J connectivity index is 1.67. The zero-order valence-electron chi connectivity index (χ0n) is 15.2. The monoisotopic (exact) mass is 367 g/mol. The number of nitrogens with zero attached hydrogens (tertiary/aromatic N) is 2. The highest BCUT2D eigenvalue weighted by Crippen LogP contribution is 2.26. The summed E-state index contributed by atoms with van der Waals surface area (Å²) in [6.07, 6.45) is 10.2. The zero-order valence-corrected chi connectivity index (χ0v) is 15.2. The number of anilines is 1. The van der Waals surface area contributed by atoms with E-state index in [9.17, 15) is 4.79 Å². The molecule has 1 amide bonds. The van der Waals surface area contributed by atoms with Gasteiger partial charge < -0.3 is 10.6 Å². The van der Waals surface area contributed by atoms with Crippen molar-refractivity contribution in [1.29, 1.82) is 0 Å². The quantitative estimate of drug-likeness (QED) is 0.340. The Labute approximate surface area is 158 Å². The molecule has 0 radical (unpaired) electrons. The molecule has 1 aliphatic heterocycles. The van der Waals surface area contributed by atoms with Gasteiger partial charge in [0.05, 0.1) is 23.6 Å². The number of hydrogen-bond acceptors (Lipinski definition) is 6. The predicted molar refractivity (Wildman–Crippen MR) is 104 cm³/mol. The van der Waals surface area contributed by atoms with Gasteiger partial charge in [-0.2, -0.15) is 0 Å². The number of hydroxylamine groups is 1. The number of rotatable bonds is 7. The molecule has 2 heterocycles. The lowest BCUT2D eigenvalue weighted by molar-refractivity contribution is -0.124. The third-order valence-corrected chi connectivity index (χ3v) is 4.79. The van der Waals surface area contributed by atoms with Crippen LogP contribution in [-0.4, -0.2) is 39.7 Å². The van der Waals surface area contributed by atoms with Crippen LogP contribution in [0.15, 0.2) is 48.8 Å². The maximum Gasteiger partial charge on any atom is 0.267 e. The van der Waals surface area contributed by atoms with Crippen molar-refractivity contribution in [2.24, 2.45) is 0 Å². The summed E-state index contributed by atoms with van der Waals surface area (Å²) in [6, 6.07) is 10.5. The highest BCUT2D eigenvalue weighted by molar-refractivity contribution is 5.90. The minimum Gasteiger partial charge on any atom is -0.362 e. The van der Waals surface area contributed by atoms with Gasteiger partial charge in [-0.15, -0.1) is 0 Å². The molecular formula is C20H25N5O2. The van der Waals surface area contributed by atoms with Gasteiger partial charge in [-0.3, -0.25) is 15.0 Å². The summed E-state index contributed by atoms with van der Waals surface area (Å²) < 4.78 is 0. The van der Waals surface area contributed by atoms with E-state index in [0.717, 1.165) is 44.6 Å². The van der Waals surface area contributed by atoms with Gasteiger partial charge in [-0.25, -0.2) is 10.5 Å². The molecule has 1 aromatic heterocycles. The SMILES string of the molecule is O=C(/C=C/c1cnc(N[C@]2(CCc3ccccc3)CCCNC2)cn1)NO. The van der Waals surface area contributed by atoms with Crippen LogP contribution < -0.4 is 16.1 Å². The van der Waals surface area contributed by atoms with E-state index in [1.165, 1.54) is 17.7 Å². The van der Waals surface area contributed by atoms with Gasteiger partial charge in [0.2, 0.25) is 0 Å². The predicted octanol–water partition coefficient (Wildman–Crippen LogP) is 2.16. The van der Waals surface area contributed by atoms with Crippen LogP contribution in [0.25, 0.3) is 6.08 Å². The van der Waals surface area contributed by atoms with Gasteiger partial charge in [0.1, 0.15) is 5.82 Å². The van der Waals surface area contributed by atoms with Crippen molar-refractivity contribution in [2.75, 3.05) is 18.4 Å². The Morgan fingerprint density at radius 3 is 2.78 bits per heavy atom. The summed E-state index contributed by atoms with van der Waals surface area (Å²) in [4.78, 5) is 19.8. The lowest BCUT2D eigenvalue weighted by Crippen LogP contribution is -2.51. The third-order valence-electron chi connectivity index (χ3n) is 4.79. The lowest BCUT2D eigenvalue weighted by atomic mass is 9.84. The van der Waals surface area contributed by atoms with Crippen LogP contribution >= 0.6 is 0 Å². The number of amides is 1. The Morgan fingerprint density at radius 2 is 2.11 bits per heavy atom. The van der Waals surface area contributed by atoms with Crippen LogP contribution in [0.3, 0.4) is 0 Å². The molecule has 4 N–H and O–H groups in total. The molecule has 142 valence electrons. The lowest BCUT2D eigenvalue weighted by Gasteiger charge is -2.39. The van der Waals surface area contributed by atoms with Crippen molar-refractivity contribution in [3.63, 3.8) is 0 Å². The molecule has 7 nitrogen and oxygen atoms in total. The van der Waals surface area contributed by atoms with Crippen molar-refractivity contribution in [2.45, 2.75) is 31.2 Å². The topological polar surface area (TPSA) is 99.2 Å². The van der Waals surface area contributed by atoms with Crippen LogP contribution in [-0.2, 0) is 11.2 Å². The number of nitrogens with one attached hydrogen (secondary N) is 3. The fourth-order valence-corrected chi connectivity index (χ4v) is 3.34. The second kappa shape index (κ2) is 9.25. The van der Waals surface area contributed by atoms with Gasteiger partial charge in [0.15, 0.2) is 0 Å². The maximum atomic E-state index is 11.0. The van der Waals surface area contributed by atoms with E-state index in [1.54, 1.807) is 17.9 Å². The number of carbonyl (C=O) groups is 1. The van der Waals surface area contributed by atoms with E-state index >= 15 is 0 Å². The van der Waals surface area contributed by atoms with Crippen molar-refractivity contribution in [3.05, 3.63) is 60.1 Å². The van der Waals surface area contributed by atoms with Gasteiger partial charge in [0.25, 0.3) is 5.91 Å². The largest absolute Gasteiger partial charge is 0.362 e. The van der Waals surface area contributed by atoms with Crippen molar-refractivity contribution in [3.8, 4) is 0 Å². The second-order valence-corrected chi connectivity index (χ2v) is 6.81. The van der Waals surface area contributed by atoms with E-state index in [4.69, 9.17) is 5.21 Å². The van der Waals surface area contributed by atoms with E-state index < -0.39 is 5.91 Å². The normalized spacial score (nSPS) is 19.7. The standard InChI is InChI=1S/C20H25N5O2/c26-19(25-27)8-7-17-13-23-18(14-22-17)24-20(10-4-12-21-15-20)11-9-16-5-2-1-3-6-16/h1-3,5-8,13-14,21,27H,4,9-12,15H2,(H,23,24)(H,25,26)/b8-7+/t20-/m0/s1. The first-order valence-corrected chi connectivity index (χ1v) is 9.16. The highest BCUT2D eigenvalue weighted by Gasteiger charge is 2.32. The number of aromatic nitrogens is 2. The summed E-state index contributed by atoms with van der Waals surface area (Å²) in [5, 5.41) is 15.6. The molecule has 1 atom stereocenters. The molecule has 0 aliphatic carbocycles. The molecule has 27 heavy (non-hydrogen) atoms. The summed E-state index contributed by atoms with van der Waals surface area (Å²) in [7, 11) is 0. The van der Waals surface area contributed by atoms with Crippen molar-refractivity contribution < 1.29 is 10.0 Å². The first kappa shape index (κ1) is 19.0. The number of benzene rings is 1. The molecular weight excluding hydrogens is 342 g/mol. The second-order valence-electron chi connectivity index (χ2n) is 6.81. The number of piperidine rings is 1. The molecule has 1 fully saturated rings.